The fourth-order valence-corrected chi connectivity index (χ4v) is 4.16. The Morgan fingerprint density at radius 1 is 1.00 bits per heavy atom. The van der Waals surface area contributed by atoms with Gasteiger partial charge in [0.2, 0.25) is 5.91 Å². The second-order valence-corrected chi connectivity index (χ2v) is 8.54. The summed E-state index contributed by atoms with van der Waals surface area (Å²) in [5.74, 6) is -0.356. The van der Waals surface area contributed by atoms with Crippen molar-refractivity contribution in [2.45, 2.75) is 19.4 Å². The lowest BCUT2D eigenvalue weighted by atomic mass is 9.98. The number of carbonyl (C=O) groups is 2. The van der Waals surface area contributed by atoms with E-state index in [-0.39, 0.29) is 18.4 Å². The lowest BCUT2D eigenvalue weighted by molar-refractivity contribution is -0.121. The van der Waals surface area contributed by atoms with Gasteiger partial charge in [-0.1, -0.05) is 18.2 Å². The minimum Gasteiger partial charge on any atom is -0.487 e. The van der Waals surface area contributed by atoms with Crippen molar-refractivity contribution < 1.29 is 38.0 Å². The van der Waals surface area contributed by atoms with E-state index in [4.69, 9.17) is 24.1 Å². The van der Waals surface area contributed by atoms with E-state index in [0.29, 0.717) is 88.2 Å². The number of fused-ring (bicyclic) bond motifs is 2. The first kappa shape index (κ1) is 26.7. The van der Waals surface area contributed by atoms with Gasteiger partial charge in [-0.25, -0.2) is 4.39 Å². The van der Waals surface area contributed by atoms with Crippen LogP contribution < -0.4 is 10.6 Å². The molecule has 2 aliphatic rings. The molecule has 37 heavy (non-hydrogen) atoms. The standard InChI is InChI=1S/C27H31FN2O7/c28-20-3-5-23-22(16-20)25(27(33)30-23)26-21-4-1-18(15-19(21)17-37-26)2-6-24(32)29-7-9-34-11-13-36-14-12-35-10-8-31/h1,3-5,15-16,31H,2,6-14,17H2,(H,29,32)(H,30,33). The monoisotopic (exact) mass is 514 g/mol. The van der Waals surface area contributed by atoms with Crippen LogP contribution in [0.15, 0.2) is 36.4 Å². The first-order chi connectivity index (χ1) is 18.1. The Morgan fingerprint density at radius 3 is 2.54 bits per heavy atom. The molecule has 0 radical (unpaired) electrons. The minimum absolute atomic E-state index is 0.00248. The van der Waals surface area contributed by atoms with Crippen LogP contribution in [0.5, 0.6) is 0 Å². The van der Waals surface area contributed by atoms with Crippen molar-refractivity contribution in [3.8, 4) is 0 Å². The van der Waals surface area contributed by atoms with Crippen molar-refractivity contribution in [2.24, 2.45) is 0 Å². The molecule has 0 unspecified atom stereocenters. The Kier molecular flexibility index (Phi) is 9.61. The van der Waals surface area contributed by atoms with E-state index in [1.165, 1.54) is 12.1 Å². The molecular weight excluding hydrogens is 483 g/mol. The van der Waals surface area contributed by atoms with E-state index in [1.807, 2.05) is 18.2 Å². The summed E-state index contributed by atoms with van der Waals surface area (Å²) >= 11 is 0. The quantitative estimate of drug-likeness (QED) is 0.262. The zero-order valence-electron chi connectivity index (χ0n) is 20.5. The van der Waals surface area contributed by atoms with Crippen LogP contribution in [0.25, 0.3) is 11.3 Å². The molecule has 0 aliphatic carbocycles. The van der Waals surface area contributed by atoms with E-state index in [9.17, 15) is 14.0 Å². The van der Waals surface area contributed by atoms with Crippen LogP contribution in [0, 0.1) is 5.82 Å². The highest BCUT2D eigenvalue weighted by atomic mass is 19.1. The van der Waals surface area contributed by atoms with Gasteiger partial charge in [0.25, 0.3) is 5.91 Å². The SMILES string of the molecule is O=C(CCc1ccc2c(c1)COC2=C1C(=O)Nc2ccc(F)cc21)NCCOCCOCCOCCO. The summed E-state index contributed by atoms with van der Waals surface area (Å²) in [6.07, 6.45) is 0.895. The number of ether oxygens (including phenoxy) is 4. The normalized spacial score (nSPS) is 15.8. The highest BCUT2D eigenvalue weighted by Gasteiger charge is 2.32. The number of nitrogens with one attached hydrogen (secondary N) is 2. The molecule has 9 nitrogen and oxygen atoms in total. The van der Waals surface area contributed by atoms with Crippen LogP contribution >= 0.6 is 0 Å². The third-order valence-electron chi connectivity index (χ3n) is 5.93. The fourth-order valence-electron chi connectivity index (χ4n) is 4.16. The minimum atomic E-state index is -0.419. The van der Waals surface area contributed by atoms with Crippen LogP contribution in [0.4, 0.5) is 10.1 Å². The average molecular weight is 515 g/mol. The Labute approximate surface area is 214 Å². The van der Waals surface area contributed by atoms with Crippen LogP contribution in [0.2, 0.25) is 0 Å². The molecule has 198 valence electrons. The second-order valence-electron chi connectivity index (χ2n) is 8.54. The van der Waals surface area contributed by atoms with Gasteiger partial charge in [0.15, 0.2) is 0 Å². The Bertz CT molecular complexity index is 1150. The molecule has 0 bridgehead atoms. The smallest absolute Gasteiger partial charge is 0.260 e. The maximum Gasteiger partial charge on any atom is 0.260 e. The first-order valence-corrected chi connectivity index (χ1v) is 12.3. The number of aliphatic hydroxyl groups excluding tert-OH is 1. The predicted molar refractivity (Wildman–Crippen MR) is 134 cm³/mol. The number of hydrogen-bond acceptors (Lipinski definition) is 7. The van der Waals surface area contributed by atoms with Gasteiger partial charge in [-0.3, -0.25) is 9.59 Å². The van der Waals surface area contributed by atoms with Crippen molar-refractivity contribution in [2.75, 3.05) is 58.1 Å². The summed E-state index contributed by atoms with van der Waals surface area (Å²) in [6, 6.07) is 9.96. The molecule has 0 atom stereocenters. The zero-order chi connectivity index (χ0) is 26.0. The lowest BCUT2D eigenvalue weighted by Gasteiger charge is -2.08. The Hall–Kier alpha value is -3.31. The number of anilines is 1. The summed E-state index contributed by atoms with van der Waals surface area (Å²) in [7, 11) is 0. The van der Waals surface area contributed by atoms with Gasteiger partial charge in [0.05, 0.1) is 51.8 Å². The van der Waals surface area contributed by atoms with Crippen LogP contribution in [0.3, 0.4) is 0 Å². The van der Waals surface area contributed by atoms with Gasteiger partial charge in [0, 0.05) is 35.3 Å². The Balaban J connectivity index is 1.19. The number of hydrogen-bond donors (Lipinski definition) is 3. The van der Waals surface area contributed by atoms with E-state index in [1.54, 1.807) is 6.07 Å². The molecule has 0 fully saturated rings. The maximum absolute atomic E-state index is 13.8. The molecule has 0 spiro atoms. The number of aliphatic hydroxyl groups is 1. The van der Waals surface area contributed by atoms with E-state index in [0.717, 1.165) is 16.7 Å². The highest BCUT2D eigenvalue weighted by Crippen LogP contribution is 2.41. The number of carbonyl (C=O) groups excluding carboxylic acids is 2. The van der Waals surface area contributed by atoms with E-state index >= 15 is 0 Å². The van der Waals surface area contributed by atoms with Gasteiger partial charge in [0.1, 0.15) is 18.2 Å². The van der Waals surface area contributed by atoms with Gasteiger partial charge >= 0.3 is 0 Å². The molecule has 0 saturated heterocycles. The third-order valence-corrected chi connectivity index (χ3v) is 5.93. The molecule has 2 aromatic carbocycles. The van der Waals surface area contributed by atoms with E-state index < -0.39 is 5.82 Å². The average Bonchev–Trinajstić information content (AvgIpc) is 3.44. The molecule has 0 saturated carbocycles. The fraction of sp³-hybridized carbons (Fsp3) is 0.407. The van der Waals surface area contributed by atoms with Crippen molar-refractivity contribution in [3.05, 3.63) is 64.5 Å². The third kappa shape index (κ3) is 7.14. The highest BCUT2D eigenvalue weighted by molar-refractivity contribution is 6.36. The van der Waals surface area contributed by atoms with Gasteiger partial charge in [-0.15, -0.1) is 0 Å². The van der Waals surface area contributed by atoms with Gasteiger partial charge in [-0.05, 0) is 30.2 Å². The molecule has 2 amide bonds. The van der Waals surface area contributed by atoms with Gasteiger partial charge in [-0.2, -0.15) is 0 Å². The van der Waals surface area contributed by atoms with Crippen molar-refractivity contribution >= 4 is 28.8 Å². The van der Waals surface area contributed by atoms with Crippen LogP contribution in [-0.4, -0.2) is 69.7 Å². The first-order valence-electron chi connectivity index (χ1n) is 12.3. The maximum atomic E-state index is 13.8. The summed E-state index contributed by atoms with van der Waals surface area (Å²) in [5, 5.41) is 14.2. The molecule has 2 aliphatic heterocycles. The van der Waals surface area contributed by atoms with Crippen LogP contribution in [0.1, 0.15) is 28.7 Å². The van der Waals surface area contributed by atoms with Crippen LogP contribution in [-0.2, 0) is 41.6 Å². The van der Waals surface area contributed by atoms with Gasteiger partial charge < -0.3 is 34.7 Å². The predicted octanol–water partition coefficient (Wildman–Crippen LogP) is 2.27. The zero-order valence-corrected chi connectivity index (χ0v) is 20.5. The number of aryl methyl sites for hydroxylation is 1. The molecular formula is C27H31FN2O7. The molecule has 10 heteroatoms. The summed E-state index contributed by atoms with van der Waals surface area (Å²) < 4.78 is 35.5. The molecule has 3 N–H and O–H groups in total. The largest absolute Gasteiger partial charge is 0.487 e. The van der Waals surface area contributed by atoms with E-state index in [2.05, 4.69) is 10.6 Å². The molecule has 4 rings (SSSR count). The molecule has 2 aromatic rings. The molecule has 2 heterocycles. The number of amides is 2. The topological polar surface area (TPSA) is 115 Å². The Morgan fingerprint density at radius 2 is 1.76 bits per heavy atom. The number of rotatable bonds is 14. The second kappa shape index (κ2) is 13.3. The summed E-state index contributed by atoms with van der Waals surface area (Å²) in [4.78, 5) is 24.7. The molecule has 0 aromatic heterocycles. The van der Waals surface area contributed by atoms with Crippen molar-refractivity contribution in [1.29, 1.82) is 0 Å². The van der Waals surface area contributed by atoms with Crippen molar-refractivity contribution in [1.82, 2.24) is 5.32 Å². The summed E-state index contributed by atoms with van der Waals surface area (Å²) in [6.45, 7) is 3.15. The lowest BCUT2D eigenvalue weighted by Crippen LogP contribution is -2.27. The van der Waals surface area contributed by atoms with Crippen molar-refractivity contribution in [3.63, 3.8) is 0 Å². The number of halogens is 1. The summed E-state index contributed by atoms with van der Waals surface area (Å²) in [5.41, 5.74) is 4.10. The number of benzene rings is 2.